The van der Waals surface area contributed by atoms with Gasteiger partial charge in [-0.05, 0) is 31.5 Å². The van der Waals surface area contributed by atoms with E-state index in [1.165, 1.54) is 15.4 Å². The first-order valence-corrected chi connectivity index (χ1v) is 11.9. The molecule has 5 nitrogen and oxygen atoms in total. The van der Waals surface area contributed by atoms with E-state index in [1.54, 1.807) is 47.0 Å². The maximum atomic E-state index is 12.7. The van der Waals surface area contributed by atoms with Crippen molar-refractivity contribution in [1.82, 2.24) is 9.21 Å². The third kappa shape index (κ3) is 4.96. The summed E-state index contributed by atoms with van der Waals surface area (Å²) in [4.78, 5) is 14.8. The van der Waals surface area contributed by atoms with Crippen LogP contribution in [0.5, 0.6) is 0 Å². The standard InChI is InChI=1S/C21H26N2O3S2/c1-17-8-10-19(11-9-17)16-27-18(2)21(24)22-12-14-23(15-13-22)28(25,26)20-6-4-3-5-7-20/h3-11,18H,12-16H2,1-2H3/t18-/m1/s1. The molecule has 3 rings (SSSR count). The van der Waals surface area contributed by atoms with Gasteiger partial charge < -0.3 is 4.90 Å². The Morgan fingerprint density at radius 1 is 1.00 bits per heavy atom. The Morgan fingerprint density at radius 2 is 1.61 bits per heavy atom. The topological polar surface area (TPSA) is 57.7 Å². The van der Waals surface area contributed by atoms with Crippen LogP contribution in [0.3, 0.4) is 0 Å². The minimum atomic E-state index is -3.49. The Morgan fingerprint density at radius 3 is 2.21 bits per heavy atom. The molecule has 0 aromatic heterocycles. The molecular formula is C21H26N2O3S2. The zero-order valence-electron chi connectivity index (χ0n) is 16.2. The van der Waals surface area contributed by atoms with Crippen molar-refractivity contribution in [1.29, 1.82) is 0 Å². The van der Waals surface area contributed by atoms with Gasteiger partial charge in [0.1, 0.15) is 0 Å². The first kappa shape index (κ1) is 20.9. The van der Waals surface area contributed by atoms with E-state index >= 15 is 0 Å². The largest absolute Gasteiger partial charge is 0.339 e. The van der Waals surface area contributed by atoms with Gasteiger partial charge in [-0.3, -0.25) is 4.79 Å². The van der Waals surface area contributed by atoms with Crippen LogP contribution >= 0.6 is 11.8 Å². The van der Waals surface area contributed by atoms with E-state index in [-0.39, 0.29) is 11.2 Å². The predicted octanol–water partition coefficient (Wildman–Crippen LogP) is 3.15. The number of carbonyl (C=O) groups is 1. The summed E-state index contributed by atoms with van der Waals surface area (Å²) < 4.78 is 26.9. The molecule has 1 aliphatic heterocycles. The molecule has 1 aliphatic rings. The van der Waals surface area contributed by atoms with Crippen molar-refractivity contribution in [2.45, 2.75) is 29.7 Å². The number of aryl methyl sites for hydroxylation is 1. The van der Waals surface area contributed by atoms with Gasteiger partial charge in [-0.2, -0.15) is 4.31 Å². The number of amides is 1. The van der Waals surface area contributed by atoms with Crippen LogP contribution in [0.1, 0.15) is 18.1 Å². The van der Waals surface area contributed by atoms with Crippen molar-refractivity contribution < 1.29 is 13.2 Å². The summed E-state index contributed by atoms with van der Waals surface area (Å²) in [6.45, 7) is 5.51. The average molecular weight is 419 g/mol. The van der Waals surface area contributed by atoms with E-state index < -0.39 is 10.0 Å². The Kier molecular flexibility index (Phi) is 6.80. The van der Waals surface area contributed by atoms with Crippen molar-refractivity contribution in [3.63, 3.8) is 0 Å². The fourth-order valence-electron chi connectivity index (χ4n) is 3.12. The Balaban J connectivity index is 1.52. The number of piperazine rings is 1. The number of hydrogen-bond acceptors (Lipinski definition) is 4. The number of hydrogen-bond donors (Lipinski definition) is 0. The van der Waals surface area contributed by atoms with Gasteiger partial charge in [0.15, 0.2) is 0 Å². The maximum Gasteiger partial charge on any atom is 0.243 e. The Hall–Kier alpha value is -1.83. The first-order valence-electron chi connectivity index (χ1n) is 9.39. The minimum Gasteiger partial charge on any atom is -0.339 e. The fourth-order valence-corrected chi connectivity index (χ4v) is 5.49. The summed E-state index contributed by atoms with van der Waals surface area (Å²) in [7, 11) is -3.49. The molecule has 0 radical (unpaired) electrons. The Bertz CT molecular complexity index is 891. The number of benzene rings is 2. The molecule has 28 heavy (non-hydrogen) atoms. The molecule has 1 heterocycles. The highest BCUT2D eigenvalue weighted by molar-refractivity contribution is 7.99. The van der Waals surface area contributed by atoms with E-state index in [0.717, 1.165) is 5.75 Å². The third-order valence-electron chi connectivity index (χ3n) is 4.90. The highest BCUT2D eigenvalue weighted by Gasteiger charge is 2.31. The number of nitrogens with zero attached hydrogens (tertiary/aromatic N) is 2. The highest BCUT2D eigenvalue weighted by Crippen LogP contribution is 2.22. The zero-order valence-corrected chi connectivity index (χ0v) is 17.9. The lowest BCUT2D eigenvalue weighted by Gasteiger charge is -2.35. The SMILES string of the molecule is Cc1ccc(CS[C@H](C)C(=O)N2CCN(S(=O)(=O)c3ccccc3)CC2)cc1. The molecule has 0 aliphatic carbocycles. The van der Waals surface area contributed by atoms with Crippen LogP contribution in [-0.4, -0.2) is 55.0 Å². The second kappa shape index (κ2) is 9.11. The third-order valence-corrected chi connectivity index (χ3v) is 8.01. The van der Waals surface area contributed by atoms with Crippen molar-refractivity contribution in [3.8, 4) is 0 Å². The van der Waals surface area contributed by atoms with Crippen LogP contribution in [0, 0.1) is 6.92 Å². The summed E-state index contributed by atoms with van der Waals surface area (Å²) in [6, 6.07) is 16.8. The van der Waals surface area contributed by atoms with Gasteiger partial charge in [-0.15, -0.1) is 11.8 Å². The van der Waals surface area contributed by atoms with Crippen LogP contribution in [0.25, 0.3) is 0 Å². The number of carbonyl (C=O) groups excluding carboxylic acids is 1. The Labute approximate surface area is 171 Å². The fraction of sp³-hybridized carbons (Fsp3) is 0.381. The number of sulfonamides is 1. The smallest absolute Gasteiger partial charge is 0.243 e. The quantitative estimate of drug-likeness (QED) is 0.723. The summed E-state index contributed by atoms with van der Waals surface area (Å²) in [6.07, 6.45) is 0. The predicted molar refractivity (Wildman–Crippen MR) is 114 cm³/mol. The lowest BCUT2D eigenvalue weighted by Crippen LogP contribution is -2.52. The molecule has 150 valence electrons. The summed E-state index contributed by atoms with van der Waals surface area (Å²) in [5.74, 6) is 0.865. The molecule has 0 saturated carbocycles. The molecule has 0 bridgehead atoms. The van der Waals surface area contributed by atoms with Crippen molar-refractivity contribution >= 4 is 27.7 Å². The summed E-state index contributed by atoms with van der Waals surface area (Å²) in [5.41, 5.74) is 2.43. The lowest BCUT2D eigenvalue weighted by atomic mass is 10.2. The minimum absolute atomic E-state index is 0.0777. The van der Waals surface area contributed by atoms with Crippen LogP contribution < -0.4 is 0 Å². The highest BCUT2D eigenvalue weighted by atomic mass is 32.2. The molecule has 1 fully saturated rings. The molecule has 7 heteroatoms. The van der Waals surface area contributed by atoms with Crippen molar-refractivity contribution in [2.24, 2.45) is 0 Å². The normalized spacial score (nSPS) is 16.7. The molecule has 0 spiro atoms. The van der Waals surface area contributed by atoms with Gasteiger partial charge in [-0.25, -0.2) is 8.42 Å². The van der Waals surface area contributed by atoms with Crippen LogP contribution in [-0.2, 0) is 20.6 Å². The van der Waals surface area contributed by atoms with E-state index in [0.29, 0.717) is 31.1 Å². The van der Waals surface area contributed by atoms with Crippen LogP contribution in [0.4, 0.5) is 0 Å². The molecule has 0 unspecified atom stereocenters. The van der Waals surface area contributed by atoms with Gasteiger partial charge in [0, 0.05) is 31.9 Å². The molecule has 2 aromatic carbocycles. The number of thioether (sulfide) groups is 1. The molecule has 2 aromatic rings. The van der Waals surface area contributed by atoms with E-state index in [9.17, 15) is 13.2 Å². The molecular weight excluding hydrogens is 392 g/mol. The van der Waals surface area contributed by atoms with Crippen LogP contribution in [0.15, 0.2) is 59.5 Å². The number of rotatable bonds is 6. The summed E-state index contributed by atoms with van der Waals surface area (Å²) >= 11 is 1.62. The van der Waals surface area contributed by atoms with Gasteiger partial charge in [0.05, 0.1) is 10.1 Å². The maximum absolute atomic E-state index is 12.7. The van der Waals surface area contributed by atoms with E-state index in [2.05, 4.69) is 31.2 Å². The zero-order chi connectivity index (χ0) is 20.1. The molecule has 1 saturated heterocycles. The van der Waals surface area contributed by atoms with Gasteiger partial charge in [0.25, 0.3) is 0 Å². The van der Waals surface area contributed by atoms with Crippen molar-refractivity contribution in [2.75, 3.05) is 26.2 Å². The molecule has 0 N–H and O–H groups in total. The van der Waals surface area contributed by atoms with Crippen molar-refractivity contribution in [3.05, 3.63) is 65.7 Å². The van der Waals surface area contributed by atoms with Gasteiger partial charge in [0.2, 0.25) is 15.9 Å². The summed E-state index contributed by atoms with van der Waals surface area (Å²) in [5, 5.41) is -0.154. The van der Waals surface area contributed by atoms with Gasteiger partial charge in [-0.1, -0.05) is 48.0 Å². The average Bonchev–Trinajstić information content (AvgIpc) is 2.73. The van der Waals surface area contributed by atoms with E-state index in [4.69, 9.17) is 0 Å². The molecule has 1 atom stereocenters. The van der Waals surface area contributed by atoms with Crippen LogP contribution in [0.2, 0.25) is 0 Å². The lowest BCUT2D eigenvalue weighted by molar-refractivity contribution is -0.131. The second-order valence-corrected chi connectivity index (χ2v) is 10.2. The molecule has 1 amide bonds. The monoisotopic (exact) mass is 418 g/mol. The van der Waals surface area contributed by atoms with E-state index in [1.807, 2.05) is 6.92 Å². The second-order valence-electron chi connectivity index (χ2n) is 6.98. The van der Waals surface area contributed by atoms with Gasteiger partial charge >= 0.3 is 0 Å². The first-order chi connectivity index (χ1) is 13.4.